The number of benzene rings is 1. The molecule has 6 heteroatoms. The van der Waals surface area contributed by atoms with Crippen molar-refractivity contribution < 1.29 is 9.21 Å². The maximum absolute atomic E-state index is 12.1. The number of amides is 2. The van der Waals surface area contributed by atoms with Crippen molar-refractivity contribution in [1.29, 1.82) is 0 Å². The van der Waals surface area contributed by atoms with Gasteiger partial charge in [0.05, 0.1) is 5.52 Å². The van der Waals surface area contributed by atoms with Gasteiger partial charge in [-0.2, -0.15) is 0 Å². The molecule has 1 aromatic carbocycles. The Morgan fingerprint density at radius 1 is 1.33 bits per heavy atom. The smallest absolute Gasteiger partial charge is 0.408 e. The molecule has 2 amide bonds. The van der Waals surface area contributed by atoms with Crippen LogP contribution in [-0.4, -0.2) is 35.1 Å². The number of aromatic nitrogens is 1. The number of nitrogens with zero attached hydrogens (tertiary/aromatic N) is 2. The van der Waals surface area contributed by atoms with Crippen LogP contribution in [0.5, 0.6) is 0 Å². The first-order chi connectivity index (χ1) is 11.5. The number of carbonyl (C=O) groups excluding carboxylic acids is 1. The summed E-state index contributed by atoms with van der Waals surface area (Å²) < 4.78 is 6.79. The van der Waals surface area contributed by atoms with Gasteiger partial charge in [0.1, 0.15) is 0 Å². The summed E-state index contributed by atoms with van der Waals surface area (Å²) in [5.74, 6) is 0.520. The fourth-order valence-corrected chi connectivity index (χ4v) is 3.22. The Morgan fingerprint density at radius 2 is 2.04 bits per heavy atom. The Labute approximate surface area is 141 Å². The number of carbonyl (C=O) groups is 1. The highest BCUT2D eigenvalue weighted by Gasteiger charge is 2.24. The van der Waals surface area contributed by atoms with Gasteiger partial charge in [-0.25, -0.2) is 9.59 Å². The van der Waals surface area contributed by atoms with E-state index in [4.69, 9.17) is 4.42 Å². The van der Waals surface area contributed by atoms with Gasteiger partial charge in [-0.3, -0.25) is 4.57 Å². The zero-order chi connectivity index (χ0) is 17.3. The minimum absolute atomic E-state index is 0.0339. The van der Waals surface area contributed by atoms with Crippen LogP contribution in [0.4, 0.5) is 4.79 Å². The van der Waals surface area contributed by atoms with Crippen LogP contribution >= 0.6 is 0 Å². The highest BCUT2D eigenvalue weighted by atomic mass is 16.4. The van der Waals surface area contributed by atoms with E-state index in [9.17, 15) is 9.59 Å². The zero-order valence-electron chi connectivity index (χ0n) is 14.5. The molecule has 0 unspecified atom stereocenters. The second kappa shape index (κ2) is 6.71. The molecule has 0 bridgehead atoms. The molecule has 130 valence electrons. The molecule has 2 heterocycles. The van der Waals surface area contributed by atoms with E-state index in [1.165, 1.54) is 10.1 Å². The van der Waals surface area contributed by atoms with E-state index in [2.05, 4.69) is 25.2 Å². The second-order valence-corrected chi connectivity index (χ2v) is 7.00. The molecule has 1 N–H and O–H groups in total. The Bertz CT molecular complexity index is 782. The summed E-state index contributed by atoms with van der Waals surface area (Å²) in [5.41, 5.74) is 2.63. The number of likely N-dealkylation sites (tertiary alicyclic amines) is 1. The van der Waals surface area contributed by atoms with Crippen LogP contribution in [0, 0.1) is 5.92 Å². The maximum Gasteiger partial charge on any atom is 0.419 e. The van der Waals surface area contributed by atoms with Crippen LogP contribution in [0.2, 0.25) is 0 Å². The minimum atomic E-state index is -0.334. The van der Waals surface area contributed by atoms with Crippen molar-refractivity contribution in [1.82, 2.24) is 14.8 Å². The van der Waals surface area contributed by atoms with E-state index >= 15 is 0 Å². The Kier molecular flexibility index (Phi) is 4.64. The SMILES string of the molecule is CC(C)CNC(=O)N1CCC(c2ccc3c(c2)oc(=O)n3C)CC1. The normalized spacial score (nSPS) is 16.1. The summed E-state index contributed by atoms with van der Waals surface area (Å²) in [6.07, 6.45) is 1.86. The molecular weight excluding hydrogens is 306 g/mol. The van der Waals surface area contributed by atoms with Gasteiger partial charge in [-0.15, -0.1) is 0 Å². The molecule has 0 radical (unpaired) electrons. The average Bonchev–Trinajstić information content (AvgIpc) is 2.86. The van der Waals surface area contributed by atoms with E-state index < -0.39 is 0 Å². The van der Waals surface area contributed by atoms with Crippen molar-refractivity contribution in [3.05, 3.63) is 34.3 Å². The van der Waals surface area contributed by atoms with Crippen LogP contribution in [-0.2, 0) is 7.05 Å². The first-order valence-electron chi connectivity index (χ1n) is 8.58. The predicted octanol–water partition coefficient (Wildman–Crippen LogP) is 2.68. The van der Waals surface area contributed by atoms with Crippen molar-refractivity contribution in [2.45, 2.75) is 32.6 Å². The quantitative estimate of drug-likeness (QED) is 0.940. The number of fused-ring (bicyclic) bond motifs is 1. The largest absolute Gasteiger partial charge is 0.419 e. The lowest BCUT2D eigenvalue weighted by Gasteiger charge is -2.32. The molecule has 1 aliphatic heterocycles. The van der Waals surface area contributed by atoms with Gasteiger partial charge in [-0.05, 0) is 42.4 Å². The first-order valence-corrected chi connectivity index (χ1v) is 8.58. The maximum atomic E-state index is 12.1. The van der Waals surface area contributed by atoms with Crippen LogP contribution in [0.25, 0.3) is 11.1 Å². The Balaban J connectivity index is 1.64. The lowest BCUT2D eigenvalue weighted by atomic mass is 9.89. The van der Waals surface area contributed by atoms with Crippen molar-refractivity contribution in [2.24, 2.45) is 13.0 Å². The summed E-state index contributed by atoms with van der Waals surface area (Å²) in [7, 11) is 1.71. The minimum Gasteiger partial charge on any atom is -0.408 e. The van der Waals surface area contributed by atoms with Crippen molar-refractivity contribution in [3.63, 3.8) is 0 Å². The molecule has 2 aromatic rings. The van der Waals surface area contributed by atoms with Gasteiger partial charge < -0.3 is 14.6 Å². The molecule has 1 saturated heterocycles. The van der Waals surface area contributed by atoms with Gasteiger partial charge in [0.25, 0.3) is 0 Å². The number of urea groups is 1. The topological polar surface area (TPSA) is 67.5 Å². The summed E-state index contributed by atoms with van der Waals surface area (Å²) in [6, 6.07) is 6.01. The molecule has 1 fully saturated rings. The number of oxazole rings is 1. The summed E-state index contributed by atoms with van der Waals surface area (Å²) in [4.78, 5) is 25.6. The van der Waals surface area contributed by atoms with Crippen LogP contribution in [0.1, 0.15) is 38.2 Å². The van der Waals surface area contributed by atoms with Crippen LogP contribution in [0.3, 0.4) is 0 Å². The second-order valence-electron chi connectivity index (χ2n) is 7.00. The molecule has 0 saturated carbocycles. The molecule has 0 spiro atoms. The van der Waals surface area contributed by atoms with E-state index in [1.807, 2.05) is 17.0 Å². The number of hydrogen-bond donors (Lipinski definition) is 1. The highest BCUT2D eigenvalue weighted by Crippen LogP contribution is 2.30. The van der Waals surface area contributed by atoms with Gasteiger partial charge in [0, 0.05) is 26.7 Å². The van der Waals surface area contributed by atoms with Crippen molar-refractivity contribution in [2.75, 3.05) is 19.6 Å². The van der Waals surface area contributed by atoms with E-state index in [0.717, 1.165) is 31.4 Å². The molecule has 6 nitrogen and oxygen atoms in total. The molecule has 0 aliphatic carbocycles. The van der Waals surface area contributed by atoms with Crippen LogP contribution < -0.4 is 11.1 Å². The van der Waals surface area contributed by atoms with Gasteiger partial charge in [-0.1, -0.05) is 19.9 Å². The van der Waals surface area contributed by atoms with Gasteiger partial charge in [0.2, 0.25) is 0 Å². The number of aryl methyl sites for hydroxylation is 1. The van der Waals surface area contributed by atoms with Gasteiger partial charge >= 0.3 is 11.8 Å². The summed E-state index contributed by atoms with van der Waals surface area (Å²) in [5, 5.41) is 2.97. The Morgan fingerprint density at radius 3 is 2.71 bits per heavy atom. The monoisotopic (exact) mass is 331 g/mol. The molecule has 24 heavy (non-hydrogen) atoms. The number of rotatable bonds is 3. The third kappa shape index (κ3) is 3.32. The van der Waals surface area contributed by atoms with E-state index in [0.29, 0.717) is 24.0 Å². The van der Waals surface area contributed by atoms with Gasteiger partial charge in [0.15, 0.2) is 5.58 Å². The third-order valence-electron chi connectivity index (χ3n) is 4.73. The standard InChI is InChI=1S/C18H25N3O3/c1-12(2)11-19-17(22)21-8-6-13(7-9-21)14-4-5-15-16(10-14)24-18(23)20(15)3/h4-5,10,12-13H,6-9,11H2,1-3H3,(H,19,22). The van der Waals surface area contributed by atoms with E-state index in [-0.39, 0.29) is 11.8 Å². The molecule has 0 atom stereocenters. The third-order valence-corrected chi connectivity index (χ3v) is 4.73. The number of nitrogens with one attached hydrogen (secondary N) is 1. The van der Waals surface area contributed by atoms with E-state index in [1.54, 1.807) is 7.05 Å². The van der Waals surface area contributed by atoms with Crippen molar-refractivity contribution in [3.8, 4) is 0 Å². The number of piperidine rings is 1. The molecule has 1 aliphatic rings. The first kappa shape index (κ1) is 16.6. The van der Waals surface area contributed by atoms with Crippen LogP contribution in [0.15, 0.2) is 27.4 Å². The summed E-state index contributed by atoms with van der Waals surface area (Å²) >= 11 is 0. The molecule has 3 rings (SSSR count). The molecule has 1 aromatic heterocycles. The average molecular weight is 331 g/mol. The number of hydrogen-bond acceptors (Lipinski definition) is 3. The predicted molar refractivity (Wildman–Crippen MR) is 93.2 cm³/mol. The Hall–Kier alpha value is -2.24. The fourth-order valence-electron chi connectivity index (χ4n) is 3.22. The lowest BCUT2D eigenvalue weighted by molar-refractivity contribution is 0.180. The summed E-state index contributed by atoms with van der Waals surface area (Å²) in [6.45, 7) is 6.40. The highest BCUT2D eigenvalue weighted by molar-refractivity contribution is 5.75. The fraction of sp³-hybridized carbons (Fsp3) is 0.556. The zero-order valence-corrected chi connectivity index (χ0v) is 14.5. The molecular formula is C18H25N3O3. The van der Waals surface area contributed by atoms with Crippen molar-refractivity contribution >= 4 is 17.1 Å². The lowest BCUT2D eigenvalue weighted by Crippen LogP contribution is -2.45.